The van der Waals surface area contributed by atoms with Crippen LogP contribution in [0.25, 0.3) is 0 Å². The van der Waals surface area contributed by atoms with E-state index in [0.717, 1.165) is 22.4 Å². The molecule has 0 saturated carbocycles. The number of benzene rings is 2. The molecule has 0 aromatic heterocycles. The maximum absolute atomic E-state index is 10.7. The van der Waals surface area contributed by atoms with Gasteiger partial charge in [0.1, 0.15) is 18.0 Å². The van der Waals surface area contributed by atoms with Crippen molar-refractivity contribution in [1.82, 2.24) is 0 Å². The molecular formula is C16H18N2O3. The molecule has 2 aromatic rings. The van der Waals surface area contributed by atoms with Gasteiger partial charge in [-0.2, -0.15) is 0 Å². The van der Waals surface area contributed by atoms with E-state index in [1.54, 1.807) is 12.1 Å². The standard InChI is InChI=1S/C16H18N2O3/c1-10-6-11(2)16(12(3)7-10)21-9-13-4-5-15(18(19)20)14(17)8-13/h4-8H,9,17H2,1-3H3. The zero-order valence-corrected chi connectivity index (χ0v) is 12.3. The van der Waals surface area contributed by atoms with Crippen molar-refractivity contribution in [3.8, 4) is 5.75 Å². The van der Waals surface area contributed by atoms with Crippen molar-refractivity contribution in [2.75, 3.05) is 5.73 Å². The number of nitrogen functional groups attached to an aromatic ring is 1. The Labute approximate surface area is 123 Å². The molecule has 0 saturated heterocycles. The number of ether oxygens (including phenoxy) is 1. The third kappa shape index (κ3) is 3.31. The summed E-state index contributed by atoms with van der Waals surface area (Å²) < 4.78 is 5.84. The van der Waals surface area contributed by atoms with Gasteiger partial charge < -0.3 is 10.5 Å². The van der Waals surface area contributed by atoms with E-state index in [2.05, 4.69) is 12.1 Å². The van der Waals surface area contributed by atoms with E-state index in [9.17, 15) is 10.1 Å². The van der Waals surface area contributed by atoms with Crippen LogP contribution in [0, 0.1) is 30.9 Å². The van der Waals surface area contributed by atoms with Gasteiger partial charge in [-0.3, -0.25) is 10.1 Å². The molecule has 21 heavy (non-hydrogen) atoms. The summed E-state index contributed by atoms with van der Waals surface area (Å²) in [6.07, 6.45) is 0. The van der Waals surface area contributed by atoms with Gasteiger partial charge in [-0.1, -0.05) is 17.7 Å². The summed E-state index contributed by atoms with van der Waals surface area (Å²) in [6, 6.07) is 8.77. The fraction of sp³-hybridized carbons (Fsp3) is 0.250. The van der Waals surface area contributed by atoms with Gasteiger partial charge in [-0.05, 0) is 49.6 Å². The van der Waals surface area contributed by atoms with Gasteiger partial charge >= 0.3 is 0 Å². The Morgan fingerprint density at radius 1 is 1.14 bits per heavy atom. The Balaban J connectivity index is 2.17. The van der Waals surface area contributed by atoms with E-state index in [-0.39, 0.29) is 11.4 Å². The number of anilines is 1. The Morgan fingerprint density at radius 2 is 1.76 bits per heavy atom. The molecule has 0 amide bonds. The van der Waals surface area contributed by atoms with Crippen LogP contribution in [0.2, 0.25) is 0 Å². The highest BCUT2D eigenvalue weighted by atomic mass is 16.6. The van der Waals surface area contributed by atoms with E-state index in [0.29, 0.717) is 6.61 Å². The summed E-state index contributed by atoms with van der Waals surface area (Å²) in [5, 5.41) is 10.7. The molecule has 110 valence electrons. The van der Waals surface area contributed by atoms with E-state index in [1.165, 1.54) is 11.6 Å². The molecule has 0 unspecified atom stereocenters. The summed E-state index contributed by atoms with van der Waals surface area (Å²) in [5.74, 6) is 0.845. The van der Waals surface area contributed by atoms with Crippen LogP contribution in [0.1, 0.15) is 22.3 Å². The highest BCUT2D eigenvalue weighted by molar-refractivity contribution is 5.59. The first-order valence-electron chi connectivity index (χ1n) is 6.62. The summed E-state index contributed by atoms with van der Waals surface area (Å²) >= 11 is 0. The number of nitrogens with zero attached hydrogens (tertiary/aromatic N) is 1. The van der Waals surface area contributed by atoms with Crippen LogP contribution in [0.5, 0.6) is 5.75 Å². The summed E-state index contributed by atoms with van der Waals surface area (Å²) in [5.41, 5.74) is 9.88. The van der Waals surface area contributed by atoms with Crippen LogP contribution in [-0.2, 0) is 6.61 Å². The van der Waals surface area contributed by atoms with Crippen LogP contribution in [0.3, 0.4) is 0 Å². The number of nitrogens with two attached hydrogens (primary N) is 1. The molecule has 0 bridgehead atoms. The highest BCUT2D eigenvalue weighted by Gasteiger charge is 2.12. The van der Waals surface area contributed by atoms with Crippen LogP contribution < -0.4 is 10.5 Å². The number of nitro benzene ring substituents is 1. The molecule has 0 fully saturated rings. The van der Waals surface area contributed by atoms with Gasteiger partial charge in [0.2, 0.25) is 0 Å². The summed E-state index contributed by atoms with van der Waals surface area (Å²) in [6.45, 7) is 6.37. The Morgan fingerprint density at radius 3 is 2.29 bits per heavy atom. The number of hydrogen-bond acceptors (Lipinski definition) is 4. The van der Waals surface area contributed by atoms with Gasteiger partial charge in [0, 0.05) is 6.07 Å². The summed E-state index contributed by atoms with van der Waals surface area (Å²) in [4.78, 5) is 10.2. The van der Waals surface area contributed by atoms with Crippen LogP contribution in [0.4, 0.5) is 11.4 Å². The molecule has 2 rings (SSSR count). The van der Waals surface area contributed by atoms with Gasteiger partial charge in [0.05, 0.1) is 4.92 Å². The van der Waals surface area contributed by atoms with Crippen molar-refractivity contribution in [3.05, 3.63) is 62.7 Å². The van der Waals surface area contributed by atoms with Gasteiger partial charge in [0.25, 0.3) is 5.69 Å². The minimum atomic E-state index is -0.492. The smallest absolute Gasteiger partial charge is 0.292 e. The van der Waals surface area contributed by atoms with E-state index >= 15 is 0 Å². The third-order valence-electron chi connectivity index (χ3n) is 3.28. The molecule has 2 aromatic carbocycles. The van der Waals surface area contributed by atoms with Crippen molar-refractivity contribution in [3.63, 3.8) is 0 Å². The van der Waals surface area contributed by atoms with Gasteiger partial charge in [-0.25, -0.2) is 0 Å². The quantitative estimate of drug-likeness (QED) is 0.528. The summed E-state index contributed by atoms with van der Waals surface area (Å²) in [7, 11) is 0. The first-order chi connectivity index (χ1) is 9.88. The SMILES string of the molecule is Cc1cc(C)c(OCc2ccc([N+](=O)[O-])c(N)c2)c(C)c1. The second-order valence-electron chi connectivity index (χ2n) is 5.17. The Kier molecular flexibility index (Phi) is 4.12. The van der Waals surface area contributed by atoms with Gasteiger partial charge in [-0.15, -0.1) is 0 Å². The van der Waals surface area contributed by atoms with Crippen LogP contribution >= 0.6 is 0 Å². The zero-order valence-electron chi connectivity index (χ0n) is 12.3. The third-order valence-corrected chi connectivity index (χ3v) is 3.28. The van der Waals surface area contributed by atoms with Crippen molar-refractivity contribution in [2.24, 2.45) is 0 Å². The average Bonchev–Trinajstić information content (AvgIpc) is 2.36. The second kappa shape index (κ2) is 5.83. The minimum absolute atomic E-state index is 0.0820. The van der Waals surface area contributed by atoms with Crippen molar-refractivity contribution in [2.45, 2.75) is 27.4 Å². The first kappa shape index (κ1) is 14.8. The fourth-order valence-electron chi connectivity index (χ4n) is 2.41. The molecule has 0 spiro atoms. The molecular weight excluding hydrogens is 268 g/mol. The minimum Gasteiger partial charge on any atom is -0.488 e. The molecule has 0 radical (unpaired) electrons. The first-order valence-corrected chi connectivity index (χ1v) is 6.62. The topological polar surface area (TPSA) is 78.4 Å². The number of aryl methyl sites for hydroxylation is 3. The van der Waals surface area contributed by atoms with Crippen LogP contribution in [-0.4, -0.2) is 4.92 Å². The lowest BCUT2D eigenvalue weighted by molar-refractivity contribution is -0.383. The van der Waals surface area contributed by atoms with Gasteiger partial charge in [0.15, 0.2) is 0 Å². The molecule has 0 heterocycles. The molecule has 5 nitrogen and oxygen atoms in total. The number of hydrogen-bond donors (Lipinski definition) is 1. The Bertz CT molecular complexity index is 673. The lowest BCUT2D eigenvalue weighted by Gasteiger charge is -2.13. The molecule has 0 aliphatic carbocycles. The van der Waals surface area contributed by atoms with E-state index < -0.39 is 4.92 Å². The fourth-order valence-corrected chi connectivity index (χ4v) is 2.41. The average molecular weight is 286 g/mol. The molecule has 5 heteroatoms. The Hall–Kier alpha value is -2.56. The molecule has 2 N–H and O–H groups in total. The van der Waals surface area contributed by atoms with Crippen molar-refractivity contribution >= 4 is 11.4 Å². The van der Waals surface area contributed by atoms with E-state index in [1.807, 2.05) is 20.8 Å². The highest BCUT2D eigenvalue weighted by Crippen LogP contribution is 2.27. The van der Waals surface area contributed by atoms with Crippen molar-refractivity contribution in [1.29, 1.82) is 0 Å². The number of rotatable bonds is 4. The zero-order chi connectivity index (χ0) is 15.6. The normalized spacial score (nSPS) is 10.4. The second-order valence-corrected chi connectivity index (χ2v) is 5.17. The maximum Gasteiger partial charge on any atom is 0.292 e. The van der Waals surface area contributed by atoms with Crippen LogP contribution in [0.15, 0.2) is 30.3 Å². The predicted molar refractivity (Wildman–Crippen MR) is 82.5 cm³/mol. The lowest BCUT2D eigenvalue weighted by Crippen LogP contribution is -2.02. The molecule has 0 aliphatic heterocycles. The van der Waals surface area contributed by atoms with E-state index in [4.69, 9.17) is 10.5 Å². The maximum atomic E-state index is 10.7. The van der Waals surface area contributed by atoms with Crippen molar-refractivity contribution < 1.29 is 9.66 Å². The predicted octanol–water partition coefficient (Wildman–Crippen LogP) is 3.68. The number of nitro groups is 1. The largest absolute Gasteiger partial charge is 0.488 e. The lowest BCUT2D eigenvalue weighted by atomic mass is 10.1. The monoisotopic (exact) mass is 286 g/mol. The molecule has 0 atom stereocenters. The molecule has 0 aliphatic rings.